The number of nitrogens with one attached hydrogen (secondary N) is 2. The van der Waals surface area contributed by atoms with Gasteiger partial charge in [0.25, 0.3) is 0 Å². The van der Waals surface area contributed by atoms with E-state index < -0.39 is 29.5 Å². The molecule has 0 saturated heterocycles. The average molecular weight is 481 g/mol. The Kier molecular flexibility index (Phi) is 10.2. The van der Waals surface area contributed by atoms with Crippen molar-refractivity contribution >= 4 is 23.5 Å². The zero-order chi connectivity index (χ0) is 24.6. The van der Waals surface area contributed by atoms with E-state index in [2.05, 4.69) is 15.3 Å². The minimum Gasteiger partial charge on any atom is -0.477 e. The summed E-state index contributed by atoms with van der Waals surface area (Å²) in [5.41, 5.74) is 6.72. The van der Waals surface area contributed by atoms with Crippen LogP contribution in [0.1, 0.15) is 43.9 Å². The van der Waals surface area contributed by atoms with Crippen molar-refractivity contribution in [3.63, 3.8) is 0 Å². The number of anilines is 2. The van der Waals surface area contributed by atoms with E-state index in [0.717, 1.165) is 12.1 Å². The molecular weight excluding hydrogens is 455 g/mol. The number of ketones is 1. The van der Waals surface area contributed by atoms with Crippen LogP contribution in [0.4, 0.5) is 24.9 Å². The maximum atomic E-state index is 13.0. The quantitative estimate of drug-likeness (QED) is 0.226. The number of nitrogens with two attached hydrogens (primary N) is 2. The highest BCUT2D eigenvalue weighted by Crippen LogP contribution is 2.30. The number of Topliss-reactive ketones (excluding diaryl/α,β-unsaturated/α-hetero) is 1. The minimum absolute atomic E-state index is 0. The van der Waals surface area contributed by atoms with E-state index in [1.807, 2.05) is 11.5 Å². The van der Waals surface area contributed by atoms with Gasteiger partial charge in [-0.05, 0) is 25.0 Å². The number of nitrogens with zero attached hydrogens (tertiary/aromatic N) is 3. The van der Waals surface area contributed by atoms with Gasteiger partial charge >= 0.3 is 6.18 Å². The van der Waals surface area contributed by atoms with Gasteiger partial charge in [-0.15, -0.1) is 0 Å². The predicted octanol–water partition coefficient (Wildman–Crippen LogP) is 2.35. The van der Waals surface area contributed by atoms with Gasteiger partial charge in [0.2, 0.25) is 17.7 Å². The summed E-state index contributed by atoms with van der Waals surface area (Å²) in [5.74, 6) is 3.53. The van der Waals surface area contributed by atoms with Gasteiger partial charge in [-0.2, -0.15) is 28.4 Å². The highest BCUT2D eigenvalue weighted by atomic mass is 19.4. The first-order valence-corrected chi connectivity index (χ1v) is 9.74. The van der Waals surface area contributed by atoms with Crippen molar-refractivity contribution in [1.82, 2.24) is 15.4 Å². The molecule has 34 heavy (non-hydrogen) atoms. The lowest BCUT2D eigenvalue weighted by molar-refractivity contribution is -0.137. The maximum absolute atomic E-state index is 13.0. The summed E-state index contributed by atoms with van der Waals surface area (Å²) >= 11 is 0. The normalized spacial score (nSPS) is 11.5. The molecule has 0 unspecified atom stereocenters. The number of hydrogen-bond donors (Lipinski definition) is 4. The molecule has 2 rings (SSSR count). The SMILES string of the molecule is C.CCOc1nc(N)nc(N[C@@H](CCC(=O)NN)C(=O)Cc2cccc(C(F)(F)F)c2)c1C#N. The summed E-state index contributed by atoms with van der Waals surface area (Å²) in [6, 6.07) is 5.11. The highest BCUT2D eigenvalue weighted by Gasteiger charge is 2.31. The van der Waals surface area contributed by atoms with Crippen LogP contribution in [0.15, 0.2) is 24.3 Å². The van der Waals surface area contributed by atoms with Crippen LogP contribution in [0.25, 0.3) is 0 Å². The second-order valence-corrected chi connectivity index (χ2v) is 6.80. The number of rotatable bonds is 10. The lowest BCUT2D eigenvalue weighted by Gasteiger charge is -2.20. The van der Waals surface area contributed by atoms with E-state index in [1.165, 1.54) is 12.1 Å². The maximum Gasteiger partial charge on any atom is 0.416 e. The Hall–Kier alpha value is -3.92. The van der Waals surface area contributed by atoms with Gasteiger partial charge in [0.05, 0.1) is 18.2 Å². The molecular formula is C21H26F3N7O3. The van der Waals surface area contributed by atoms with Crippen molar-refractivity contribution < 1.29 is 27.5 Å². The monoisotopic (exact) mass is 481 g/mol. The Labute approximate surface area is 194 Å². The number of benzene rings is 1. The zero-order valence-corrected chi connectivity index (χ0v) is 17.6. The van der Waals surface area contributed by atoms with Crippen LogP contribution in [-0.2, 0) is 22.2 Å². The molecule has 0 radical (unpaired) electrons. The fourth-order valence-electron chi connectivity index (χ4n) is 2.91. The lowest BCUT2D eigenvalue weighted by atomic mass is 9.98. The van der Waals surface area contributed by atoms with Crippen molar-refractivity contribution in [3.8, 4) is 11.9 Å². The molecule has 6 N–H and O–H groups in total. The first kappa shape index (κ1) is 28.1. The largest absolute Gasteiger partial charge is 0.477 e. The summed E-state index contributed by atoms with van der Waals surface area (Å²) < 4.78 is 44.3. The average Bonchev–Trinajstić information content (AvgIpc) is 2.76. The number of carbonyl (C=O) groups is 2. The molecule has 1 aromatic carbocycles. The molecule has 1 atom stereocenters. The summed E-state index contributed by atoms with van der Waals surface area (Å²) in [5, 5.41) is 12.3. The third kappa shape index (κ3) is 7.59. The van der Waals surface area contributed by atoms with Crippen LogP contribution in [0.5, 0.6) is 5.88 Å². The summed E-state index contributed by atoms with van der Waals surface area (Å²) in [6.07, 6.45) is -5.19. The molecule has 0 saturated carbocycles. The van der Waals surface area contributed by atoms with E-state index in [9.17, 15) is 28.0 Å². The summed E-state index contributed by atoms with van der Waals surface area (Å²) in [4.78, 5) is 32.4. The van der Waals surface area contributed by atoms with Gasteiger partial charge in [0.1, 0.15) is 6.07 Å². The van der Waals surface area contributed by atoms with Crippen molar-refractivity contribution in [1.29, 1.82) is 5.26 Å². The van der Waals surface area contributed by atoms with Crippen molar-refractivity contribution in [3.05, 3.63) is 41.0 Å². The molecule has 0 aliphatic heterocycles. The van der Waals surface area contributed by atoms with E-state index in [1.54, 1.807) is 6.92 Å². The number of hydrazine groups is 1. The molecule has 0 spiro atoms. The molecule has 10 nitrogen and oxygen atoms in total. The number of halogens is 3. The number of carbonyl (C=O) groups excluding carboxylic acids is 2. The summed E-state index contributed by atoms with van der Waals surface area (Å²) in [6.45, 7) is 1.85. The Bertz CT molecular complexity index is 1050. The second-order valence-electron chi connectivity index (χ2n) is 6.80. The Balaban J connectivity index is 0.00000578. The predicted molar refractivity (Wildman–Crippen MR) is 118 cm³/mol. The Morgan fingerprint density at radius 1 is 1.29 bits per heavy atom. The lowest BCUT2D eigenvalue weighted by Crippen LogP contribution is -2.35. The number of nitrogen functional groups attached to an aromatic ring is 1. The molecule has 0 fully saturated rings. The number of ether oxygens (including phenoxy) is 1. The zero-order valence-electron chi connectivity index (χ0n) is 17.6. The van der Waals surface area contributed by atoms with Crippen LogP contribution in [0, 0.1) is 11.3 Å². The van der Waals surface area contributed by atoms with Gasteiger partial charge in [0.15, 0.2) is 17.2 Å². The molecule has 2 aromatic rings. The van der Waals surface area contributed by atoms with E-state index >= 15 is 0 Å². The van der Waals surface area contributed by atoms with Crippen molar-refractivity contribution in [2.75, 3.05) is 17.7 Å². The van der Waals surface area contributed by atoms with Gasteiger partial charge in [-0.25, -0.2) is 5.84 Å². The second kappa shape index (κ2) is 12.4. The number of alkyl halides is 3. The summed E-state index contributed by atoms with van der Waals surface area (Å²) in [7, 11) is 0. The first-order chi connectivity index (χ1) is 15.6. The van der Waals surface area contributed by atoms with Crippen molar-refractivity contribution in [2.45, 2.75) is 45.8 Å². The van der Waals surface area contributed by atoms with E-state index in [-0.39, 0.29) is 62.1 Å². The number of aromatic nitrogens is 2. The molecule has 13 heteroatoms. The van der Waals surface area contributed by atoms with E-state index in [4.69, 9.17) is 16.3 Å². The Morgan fingerprint density at radius 3 is 2.59 bits per heavy atom. The molecule has 1 aromatic heterocycles. The Morgan fingerprint density at radius 2 is 2.00 bits per heavy atom. The fourth-order valence-corrected chi connectivity index (χ4v) is 2.91. The minimum atomic E-state index is -4.56. The van der Waals surface area contributed by atoms with Crippen LogP contribution >= 0.6 is 0 Å². The van der Waals surface area contributed by atoms with Crippen molar-refractivity contribution in [2.24, 2.45) is 5.84 Å². The fraction of sp³-hybridized carbons (Fsp3) is 0.381. The highest BCUT2D eigenvalue weighted by molar-refractivity contribution is 5.89. The van der Waals surface area contributed by atoms with Crippen LogP contribution in [-0.4, -0.2) is 34.3 Å². The number of amides is 1. The van der Waals surface area contributed by atoms with Gasteiger partial charge in [-0.3, -0.25) is 15.0 Å². The molecule has 1 amide bonds. The topological polar surface area (TPSA) is 169 Å². The van der Waals surface area contributed by atoms with Crippen LogP contribution in [0.2, 0.25) is 0 Å². The van der Waals surface area contributed by atoms with Gasteiger partial charge < -0.3 is 15.8 Å². The molecule has 0 aliphatic carbocycles. The standard InChI is InChI=1S/C20H22F3N7O3.CH4/c1-2-33-18-13(10-24)17(28-19(25)29-18)27-14(6-7-16(32)30-26)15(31)9-11-4-3-5-12(8-11)20(21,22)23;/h3-5,8,14H,2,6-7,9,26H2,1H3,(H,30,32)(H3,25,27,28,29);1H4/t14-;/m0./s1. The number of hydrogen-bond acceptors (Lipinski definition) is 9. The van der Waals surface area contributed by atoms with Gasteiger partial charge in [-0.1, -0.05) is 25.6 Å². The van der Waals surface area contributed by atoms with Gasteiger partial charge in [0, 0.05) is 12.8 Å². The molecule has 1 heterocycles. The van der Waals surface area contributed by atoms with E-state index in [0.29, 0.717) is 0 Å². The van der Waals surface area contributed by atoms with Crippen LogP contribution in [0.3, 0.4) is 0 Å². The molecule has 0 bridgehead atoms. The number of nitriles is 1. The molecule has 184 valence electrons. The van der Waals surface area contributed by atoms with Crippen LogP contribution < -0.4 is 27.1 Å². The first-order valence-electron chi connectivity index (χ1n) is 9.74. The molecule has 0 aliphatic rings. The third-order valence-electron chi connectivity index (χ3n) is 4.44. The third-order valence-corrected chi connectivity index (χ3v) is 4.44. The smallest absolute Gasteiger partial charge is 0.416 e.